The molecule has 1 unspecified atom stereocenters. The number of amides is 1. The number of nitrogens with zero attached hydrogens (tertiary/aromatic N) is 1. The van der Waals surface area contributed by atoms with Gasteiger partial charge in [0.25, 0.3) is 0 Å². The van der Waals surface area contributed by atoms with Crippen LogP contribution in [0, 0.1) is 11.3 Å². The summed E-state index contributed by atoms with van der Waals surface area (Å²) in [7, 11) is 0. The summed E-state index contributed by atoms with van der Waals surface area (Å²) < 4.78 is 5.65. The van der Waals surface area contributed by atoms with Crippen LogP contribution in [0.5, 0.6) is 5.75 Å². The predicted octanol–water partition coefficient (Wildman–Crippen LogP) is 3.24. The molecule has 0 bridgehead atoms. The van der Waals surface area contributed by atoms with Crippen LogP contribution in [0.15, 0.2) is 18.2 Å². The third kappa shape index (κ3) is 9.04. The molecule has 0 aromatic heterocycles. The molecule has 1 rings (SSSR count). The van der Waals surface area contributed by atoms with Crippen LogP contribution in [0.25, 0.3) is 0 Å². The molecule has 6 nitrogen and oxygen atoms in total. The first-order valence-corrected chi connectivity index (χ1v) is 8.85. The fourth-order valence-corrected chi connectivity index (χ4v) is 2.24. The molecule has 146 valence electrons. The van der Waals surface area contributed by atoms with E-state index in [1.54, 1.807) is 18.2 Å². The minimum atomic E-state index is -0.706. The number of para-hydroxylation sites is 1. The summed E-state index contributed by atoms with van der Waals surface area (Å²) in [5.74, 6) is 0.202. The van der Waals surface area contributed by atoms with E-state index in [0.29, 0.717) is 30.0 Å². The van der Waals surface area contributed by atoms with Crippen molar-refractivity contribution in [3.63, 3.8) is 0 Å². The van der Waals surface area contributed by atoms with Crippen molar-refractivity contribution in [2.75, 3.05) is 18.5 Å². The van der Waals surface area contributed by atoms with Crippen molar-refractivity contribution in [2.24, 2.45) is 0 Å². The first-order chi connectivity index (χ1) is 12.0. The summed E-state index contributed by atoms with van der Waals surface area (Å²) in [4.78, 5) is 12.0. The van der Waals surface area contributed by atoms with E-state index in [2.05, 4.69) is 23.6 Å². The largest absolute Gasteiger partial charge is 0.487 e. The molecule has 3 N–H and O–H groups in total. The number of hydrogen-bond acceptors (Lipinski definition) is 5. The molecule has 7 heteroatoms. The lowest BCUT2D eigenvalue weighted by Gasteiger charge is -2.18. The Bertz CT molecular complexity index is 588. The molecular formula is C19H30ClN3O3. The number of unbranched alkanes of at least 4 members (excludes halogenated alkanes) is 2. The Morgan fingerprint density at radius 2 is 2.08 bits per heavy atom. The highest BCUT2D eigenvalue weighted by Gasteiger charge is 2.14. The highest BCUT2D eigenvalue weighted by molar-refractivity contribution is 5.92. The molecular weight excluding hydrogens is 354 g/mol. The van der Waals surface area contributed by atoms with Crippen molar-refractivity contribution in [2.45, 2.75) is 58.6 Å². The van der Waals surface area contributed by atoms with Gasteiger partial charge in [-0.15, -0.1) is 12.4 Å². The molecule has 1 aromatic rings. The lowest BCUT2D eigenvalue weighted by atomic mass is 10.1. The number of carbonyl (C=O) groups excluding carboxylic acids is 1. The molecule has 0 saturated carbocycles. The standard InChI is InChI=1S/C19H29N3O3.ClH/c1-4-5-6-10-18(24)22-17-9-7-8-15(11-20)19(17)25-13-16(23)12-21-14(2)3;/h7-9,14,16,21,23H,4-6,10,12-13H2,1-3H3,(H,22,24);1H. The van der Waals surface area contributed by atoms with Gasteiger partial charge in [0.1, 0.15) is 18.8 Å². The van der Waals surface area contributed by atoms with Gasteiger partial charge in [0.05, 0.1) is 11.3 Å². The van der Waals surface area contributed by atoms with Gasteiger partial charge in [-0.05, 0) is 18.6 Å². The van der Waals surface area contributed by atoms with Gasteiger partial charge in [-0.25, -0.2) is 0 Å². The second kappa shape index (κ2) is 13.4. The van der Waals surface area contributed by atoms with Gasteiger partial charge in [0.2, 0.25) is 5.91 Å². The van der Waals surface area contributed by atoms with Gasteiger partial charge in [0, 0.05) is 19.0 Å². The van der Waals surface area contributed by atoms with E-state index in [1.165, 1.54) is 0 Å². The number of halogens is 1. The fraction of sp³-hybridized carbons (Fsp3) is 0.579. The minimum Gasteiger partial charge on any atom is -0.487 e. The molecule has 0 saturated heterocycles. The van der Waals surface area contributed by atoms with Crippen molar-refractivity contribution in [1.29, 1.82) is 5.26 Å². The molecule has 1 aromatic carbocycles. The zero-order chi connectivity index (χ0) is 18.7. The zero-order valence-corrected chi connectivity index (χ0v) is 16.6. The summed E-state index contributed by atoms with van der Waals surface area (Å²) in [6.07, 6.45) is 2.61. The van der Waals surface area contributed by atoms with E-state index in [9.17, 15) is 15.2 Å². The smallest absolute Gasteiger partial charge is 0.224 e. The maximum atomic E-state index is 12.0. The lowest BCUT2D eigenvalue weighted by molar-refractivity contribution is -0.116. The Hall–Kier alpha value is -1.81. The second-order valence-corrected chi connectivity index (χ2v) is 6.33. The summed E-state index contributed by atoms with van der Waals surface area (Å²) in [5.41, 5.74) is 0.792. The first kappa shape index (κ1) is 24.2. The zero-order valence-electron chi connectivity index (χ0n) is 15.7. The molecule has 0 aliphatic carbocycles. The highest BCUT2D eigenvalue weighted by atomic mass is 35.5. The molecule has 1 amide bonds. The second-order valence-electron chi connectivity index (χ2n) is 6.33. The number of nitriles is 1. The molecule has 0 fully saturated rings. The minimum absolute atomic E-state index is 0. The average Bonchev–Trinajstić information content (AvgIpc) is 2.58. The monoisotopic (exact) mass is 383 g/mol. The van der Waals surface area contributed by atoms with Crippen molar-refractivity contribution >= 4 is 24.0 Å². The van der Waals surface area contributed by atoms with E-state index in [1.807, 2.05) is 13.8 Å². The van der Waals surface area contributed by atoms with Crippen LogP contribution in [0.1, 0.15) is 52.0 Å². The van der Waals surface area contributed by atoms with Crippen molar-refractivity contribution in [1.82, 2.24) is 5.32 Å². The van der Waals surface area contributed by atoms with E-state index >= 15 is 0 Å². The molecule has 0 radical (unpaired) electrons. The molecule has 0 heterocycles. The molecule has 0 spiro atoms. The van der Waals surface area contributed by atoms with Gasteiger partial charge in [-0.3, -0.25) is 4.79 Å². The molecule has 1 atom stereocenters. The Morgan fingerprint density at radius 1 is 1.35 bits per heavy atom. The number of aliphatic hydroxyl groups is 1. The summed E-state index contributed by atoms with van der Waals surface area (Å²) in [5, 5.41) is 25.2. The number of aliphatic hydroxyl groups excluding tert-OH is 1. The lowest BCUT2D eigenvalue weighted by Crippen LogP contribution is -2.35. The van der Waals surface area contributed by atoms with Crippen molar-refractivity contribution in [3.05, 3.63) is 23.8 Å². The van der Waals surface area contributed by atoms with Crippen molar-refractivity contribution in [3.8, 4) is 11.8 Å². The van der Waals surface area contributed by atoms with Crippen LogP contribution in [0.3, 0.4) is 0 Å². The average molecular weight is 384 g/mol. The Kier molecular flexibility index (Phi) is 12.5. The number of hydrogen-bond donors (Lipinski definition) is 3. The predicted molar refractivity (Wildman–Crippen MR) is 106 cm³/mol. The van der Waals surface area contributed by atoms with E-state index in [-0.39, 0.29) is 31.0 Å². The number of nitrogens with one attached hydrogen (secondary N) is 2. The van der Waals surface area contributed by atoms with E-state index in [0.717, 1.165) is 19.3 Å². The number of benzene rings is 1. The number of rotatable bonds is 11. The van der Waals surface area contributed by atoms with Gasteiger partial charge < -0.3 is 20.5 Å². The SMILES string of the molecule is CCCCCC(=O)Nc1cccc(C#N)c1OCC(O)CNC(C)C.Cl. The van der Waals surface area contributed by atoms with Crippen LogP contribution in [-0.2, 0) is 4.79 Å². The van der Waals surface area contributed by atoms with E-state index in [4.69, 9.17) is 4.74 Å². The van der Waals surface area contributed by atoms with Crippen LogP contribution in [0.4, 0.5) is 5.69 Å². The van der Waals surface area contributed by atoms with Gasteiger partial charge in [0.15, 0.2) is 5.75 Å². The summed E-state index contributed by atoms with van der Waals surface area (Å²) in [6, 6.07) is 7.35. The Balaban J connectivity index is 0.00000625. The van der Waals surface area contributed by atoms with Crippen LogP contribution < -0.4 is 15.4 Å². The summed E-state index contributed by atoms with van der Waals surface area (Å²) in [6.45, 7) is 6.50. The topological polar surface area (TPSA) is 94.4 Å². The normalized spacial score (nSPS) is 11.4. The highest BCUT2D eigenvalue weighted by Crippen LogP contribution is 2.29. The van der Waals surface area contributed by atoms with Crippen LogP contribution >= 0.6 is 12.4 Å². The first-order valence-electron chi connectivity index (χ1n) is 8.85. The molecule has 0 aliphatic heterocycles. The van der Waals surface area contributed by atoms with Crippen LogP contribution in [-0.4, -0.2) is 36.3 Å². The number of carbonyl (C=O) groups is 1. The summed E-state index contributed by atoms with van der Waals surface area (Å²) >= 11 is 0. The number of anilines is 1. The molecule has 26 heavy (non-hydrogen) atoms. The van der Waals surface area contributed by atoms with Gasteiger partial charge in [-0.1, -0.05) is 39.7 Å². The quantitative estimate of drug-likeness (QED) is 0.510. The molecule has 0 aliphatic rings. The maximum Gasteiger partial charge on any atom is 0.224 e. The Morgan fingerprint density at radius 3 is 2.69 bits per heavy atom. The maximum absolute atomic E-state index is 12.0. The van der Waals surface area contributed by atoms with Gasteiger partial charge >= 0.3 is 0 Å². The number of ether oxygens (including phenoxy) is 1. The van der Waals surface area contributed by atoms with E-state index < -0.39 is 6.10 Å². The third-order valence-electron chi connectivity index (χ3n) is 3.60. The van der Waals surface area contributed by atoms with Crippen LogP contribution in [0.2, 0.25) is 0 Å². The third-order valence-corrected chi connectivity index (χ3v) is 3.60. The fourth-order valence-electron chi connectivity index (χ4n) is 2.24. The van der Waals surface area contributed by atoms with Gasteiger partial charge in [-0.2, -0.15) is 5.26 Å². The van der Waals surface area contributed by atoms with Crippen molar-refractivity contribution < 1.29 is 14.6 Å². The Labute approximate surface area is 162 Å².